The molecule has 1 fully saturated rings. The molecule has 0 saturated carbocycles. The molecule has 1 saturated heterocycles. The highest BCUT2D eigenvalue weighted by Gasteiger charge is 2.28. The molecule has 0 spiro atoms. The van der Waals surface area contributed by atoms with Crippen molar-refractivity contribution in [2.45, 2.75) is 30.7 Å². The van der Waals surface area contributed by atoms with Crippen LogP contribution in [-0.4, -0.2) is 38.5 Å². The Hall–Kier alpha value is -0.820. The minimum absolute atomic E-state index is 0. The van der Waals surface area contributed by atoms with Crippen molar-refractivity contribution in [1.29, 1.82) is 0 Å². The summed E-state index contributed by atoms with van der Waals surface area (Å²) in [5, 5.41) is 0. The molecule has 0 bridgehead atoms. The molecule has 2 N–H and O–H groups in total. The number of nitrogens with zero attached hydrogens (tertiary/aromatic N) is 1. The Kier molecular flexibility index (Phi) is 6.26. The first-order valence-corrected chi connectivity index (χ1v) is 7.96. The number of rotatable bonds is 4. The van der Waals surface area contributed by atoms with Gasteiger partial charge < -0.3 is 10.5 Å². The second-order valence-corrected chi connectivity index (χ2v) is 6.61. The third kappa shape index (κ3) is 3.85. The van der Waals surface area contributed by atoms with Crippen molar-refractivity contribution in [3.05, 3.63) is 24.3 Å². The van der Waals surface area contributed by atoms with Crippen LogP contribution in [0.15, 0.2) is 29.2 Å². The highest BCUT2D eigenvalue weighted by Crippen LogP contribution is 2.23. The van der Waals surface area contributed by atoms with Crippen LogP contribution >= 0.6 is 12.4 Å². The Morgan fingerprint density at radius 2 is 2.20 bits per heavy atom. The summed E-state index contributed by atoms with van der Waals surface area (Å²) in [6.07, 6.45) is 1.69. The topological polar surface area (TPSA) is 72.6 Å². The van der Waals surface area contributed by atoms with Gasteiger partial charge >= 0.3 is 0 Å². The van der Waals surface area contributed by atoms with E-state index in [-0.39, 0.29) is 23.3 Å². The largest absolute Gasteiger partial charge is 0.494 e. The first-order valence-electron chi connectivity index (χ1n) is 6.52. The molecule has 1 atom stereocenters. The number of piperidine rings is 1. The van der Waals surface area contributed by atoms with Gasteiger partial charge in [-0.1, -0.05) is 6.07 Å². The van der Waals surface area contributed by atoms with Crippen molar-refractivity contribution in [2.24, 2.45) is 5.73 Å². The molecule has 0 unspecified atom stereocenters. The quantitative estimate of drug-likeness (QED) is 0.915. The fraction of sp³-hybridized carbons (Fsp3) is 0.538. The summed E-state index contributed by atoms with van der Waals surface area (Å²) in [7, 11) is -3.46. The maximum absolute atomic E-state index is 12.5. The molecule has 20 heavy (non-hydrogen) atoms. The van der Waals surface area contributed by atoms with E-state index in [1.165, 1.54) is 4.31 Å². The summed E-state index contributed by atoms with van der Waals surface area (Å²) in [6, 6.07) is 6.54. The van der Waals surface area contributed by atoms with Crippen molar-refractivity contribution < 1.29 is 13.2 Å². The average molecular weight is 321 g/mol. The summed E-state index contributed by atoms with van der Waals surface area (Å²) >= 11 is 0. The lowest BCUT2D eigenvalue weighted by molar-refractivity contribution is 0.315. The summed E-state index contributed by atoms with van der Waals surface area (Å²) in [6.45, 7) is 3.30. The van der Waals surface area contributed by atoms with Crippen molar-refractivity contribution in [3.8, 4) is 5.75 Å². The van der Waals surface area contributed by atoms with Gasteiger partial charge in [0.25, 0.3) is 0 Å². The van der Waals surface area contributed by atoms with Crippen LogP contribution in [0.4, 0.5) is 0 Å². The molecule has 0 radical (unpaired) electrons. The van der Waals surface area contributed by atoms with E-state index in [0.717, 1.165) is 12.8 Å². The van der Waals surface area contributed by atoms with Gasteiger partial charge in [0.2, 0.25) is 10.0 Å². The van der Waals surface area contributed by atoms with E-state index in [4.69, 9.17) is 10.5 Å². The van der Waals surface area contributed by atoms with Crippen LogP contribution in [0.1, 0.15) is 19.8 Å². The van der Waals surface area contributed by atoms with Crippen LogP contribution in [0.5, 0.6) is 5.75 Å². The molecule has 1 aliphatic heterocycles. The normalized spacial score (nSPS) is 20.2. The van der Waals surface area contributed by atoms with Crippen molar-refractivity contribution >= 4 is 22.4 Å². The molecule has 0 aliphatic carbocycles. The summed E-state index contributed by atoms with van der Waals surface area (Å²) in [4.78, 5) is 0.271. The first-order chi connectivity index (χ1) is 9.04. The fourth-order valence-corrected chi connectivity index (χ4v) is 3.80. The second kappa shape index (κ2) is 7.26. The third-order valence-electron chi connectivity index (χ3n) is 3.17. The number of ether oxygens (including phenoxy) is 1. The maximum Gasteiger partial charge on any atom is 0.243 e. The van der Waals surface area contributed by atoms with E-state index in [9.17, 15) is 8.42 Å². The molecule has 1 heterocycles. The first kappa shape index (κ1) is 17.2. The van der Waals surface area contributed by atoms with Gasteiger partial charge in [0.15, 0.2) is 0 Å². The Morgan fingerprint density at radius 1 is 1.45 bits per heavy atom. The highest BCUT2D eigenvalue weighted by molar-refractivity contribution is 7.89. The van der Waals surface area contributed by atoms with Gasteiger partial charge in [-0.2, -0.15) is 4.31 Å². The van der Waals surface area contributed by atoms with Gasteiger partial charge in [-0.15, -0.1) is 12.4 Å². The lowest BCUT2D eigenvalue weighted by Gasteiger charge is -2.29. The Bertz CT molecular complexity index is 536. The van der Waals surface area contributed by atoms with Crippen molar-refractivity contribution in [3.63, 3.8) is 0 Å². The van der Waals surface area contributed by atoms with Gasteiger partial charge in [-0.05, 0) is 31.9 Å². The number of nitrogens with two attached hydrogens (primary N) is 1. The maximum atomic E-state index is 12.5. The monoisotopic (exact) mass is 320 g/mol. The second-order valence-electron chi connectivity index (χ2n) is 4.67. The molecule has 1 aliphatic rings. The molecule has 7 heteroatoms. The molecule has 0 aromatic heterocycles. The molecule has 5 nitrogen and oxygen atoms in total. The zero-order valence-corrected chi connectivity index (χ0v) is 13.1. The Balaban J connectivity index is 0.00000200. The minimum Gasteiger partial charge on any atom is -0.494 e. The van der Waals surface area contributed by atoms with E-state index in [1.54, 1.807) is 24.3 Å². The Morgan fingerprint density at radius 3 is 2.85 bits per heavy atom. The van der Waals surface area contributed by atoms with Gasteiger partial charge in [0.1, 0.15) is 5.75 Å². The summed E-state index contributed by atoms with van der Waals surface area (Å²) in [5.41, 5.74) is 5.85. The number of hydrogen-bond donors (Lipinski definition) is 1. The predicted molar refractivity (Wildman–Crippen MR) is 80.8 cm³/mol. The van der Waals surface area contributed by atoms with Crippen LogP contribution in [0.3, 0.4) is 0 Å². The number of hydrogen-bond acceptors (Lipinski definition) is 4. The molecule has 1 aromatic carbocycles. The van der Waals surface area contributed by atoms with Crippen molar-refractivity contribution in [2.75, 3.05) is 19.7 Å². The lowest BCUT2D eigenvalue weighted by atomic mass is 10.1. The predicted octanol–water partition coefficient (Wildman–Crippen LogP) is 1.62. The zero-order valence-electron chi connectivity index (χ0n) is 11.5. The van der Waals surface area contributed by atoms with E-state index in [1.807, 2.05) is 6.92 Å². The molecule has 2 rings (SSSR count). The Labute approximate surface area is 126 Å². The van der Waals surface area contributed by atoms with Gasteiger partial charge in [-0.3, -0.25) is 0 Å². The number of halogens is 1. The number of benzene rings is 1. The SMILES string of the molecule is CCOc1cccc(S(=O)(=O)N2CCC[C@@H](N)C2)c1.Cl. The highest BCUT2D eigenvalue weighted by atomic mass is 35.5. The van der Waals surface area contributed by atoms with Crippen LogP contribution in [-0.2, 0) is 10.0 Å². The smallest absolute Gasteiger partial charge is 0.243 e. The summed E-state index contributed by atoms with van der Waals surface area (Å²) < 4.78 is 31.8. The molecular weight excluding hydrogens is 300 g/mol. The number of sulfonamides is 1. The molecular formula is C13H21ClN2O3S. The lowest BCUT2D eigenvalue weighted by Crippen LogP contribution is -2.45. The van der Waals surface area contributed by atoms with E-state index in [0.29, 0.717) is 25.4 Å². The van der Waals surface area contributed by atoms with E-state index >= 15 is 0 Å². The van der Waals surface area contributed by atoms with Gasteiger partial charge in [0, 0.05) is 25.2 Å². The molecule has 0 amide bonds. The van der Waals surface area contributed by atoms with Gasteiger partial charge in [-0.25, -0.2) is 8.42 Å². The van der Waals surface area contributed by atoms with E-state index in [2.05, 4.69) is 0 Å². The van der Waals surface area contributed by atoms with Crippen LogP contribution in [0.25, 0.3) is 0 Å². The van der Waals surface area contributed by atoms with Gasteiger partial charge in [0.05, 0.1) is 11.5 Å². The zero-order chi connectivity index (χ0) is 13.9. The summed E-state index contributed by atoms with van der Waals surface area (Å²) in [5.74, 6) is 0.574. The average Bonchev–Trinajstić information content (AvgIpc) is 2.39. The van der Waals surface area contributed by atoms with E-state index < -0.39 is 10.0 Å². The standard InChI is InChI=1S/C13H20N2O3S.ClH/c1-2-18-12-6-3-7-13(9-12)19(16,17)15-8-4-5-11(14)10-15;/h3,6-7,9,11H,2,4-5,8,10,14H2,1H3;1H/t11-;/m1./s1. The minimum atomic E-state index is -3.46. The fourth-order valence-electron chi connectivity index (χ4n) is 2.23. The molecule has 1 aromatic rings. The molecule has 114 valence electrons. The van der Waals surface area contributed by atoms with Crippen LogP contribution in [0, 0.1) is 0 Å². The van der Waals surface area contributed by atoms with Crippen LogP contribution < -0.4 is 10.5 Å². The third-order valence-corrected chi connectivity index (χ3v) is 5.04. The van der Waals surface area contributed by atoms with Crippen LogP contribution in [0.2, 0.25) is 0 Å². The van der Waals surface area contributed by atoms with Crippen molar-refractivity contribution in [1.82, 2.24) is 4.31 Å².